The summed E-state index contributed by atoms with van der Waals surface area (Å²) >= 11 is 6.01. The number of carbonyl (C=O) groups excluding carboxylic acids is 1. The molecule has 30 heavy (non-hydrogen) atoms. The van der Waals surface area contributed by atoms with Crippen LogP contribution < -0.4 is 15.4 Å². The minimum atomic E-state index is -0.180. The summed E-state index contributed by atoms with van der Waals surface area (Å²) in [7, 11) is 3.30. The Kier molecular flexibility index (Phi) is 8.51. The summed E-state index contributed by atoms with van der Waals surface area (Å²) < 4.78 is 10.4. The lowest BCUT2D eigenvalue weighted by atomic mass is 10.1. The van der Waals surface area contributed by atoms with Crippen molar-refractivity contribution in [2.24, 2.45) is 0 Å². The minimum absolute atomic E-state index is 0.0479. The maximum absolute atomic E-state index is 12.8. The van der Waals surface area contributed by atoms with E-state index in [1.807, 2.05) is 42.5 Å². The second-order valence-corrected chi connectivity index (χ2v) is 7.96. The van der Waals surface area contributed by atoms with Gasteiger partial charge in [0.25, 0.3) is 0 Å². The molecule has 2 N–H and O–H groups in total. The molecular formula is C23H30ClN3O3. The first-order valence-corrected chi connectivity index (χ1v) is 10.6. The molecule has 1 fully saturated rings. The van der Waals surface area contributed by atoms with Gasteiger partial charge in [0.2, 0.25) is 5.91 Å². The fraction of sp³-hybridized carbons (Fsp3) is 0.435. The molecule has 2 atom stereocenters. The van der Waals surface area contributed by atoms with Crippen LogP contribution in [0.2, 0.25) is 5.02 Å². The minimum Gasteiger partial charge on any atom is -0.497 e. The molecule has 1 saturated heterocycles. The number of hydrogen-bond acceptors (Lipinski definition) is 5. The largest absolute Gasteiger partial charge is 0.497 e. The maximum atomic E-state index is 12.8. The molecule has 162 valence electrons. The maximum Gasteiger partial charge on any atom is 0.237 e. The van der Waals surface area contributed by atoms with Gasteiger partial charge in [0.15, 0.2) is 0 Å². The van der Waals surface area contributed by atoms with Gasteiger partial charge in [-0.3, -0.25) is 9.69 Å². The van der Waals surface area contributed by atoms with Crippen LogP contribution in [0, 0.1) is 0 Å². The van der Waals surface area contributed by atoms with Gasteiger partial charge in [-0.15, -0.1) is 0 Å². The molecule has 0 aromatic heterocycles. The summed E-state index contributed by atoms with van der Waals surface area (Å²) in [5, 5.41) is 7.31. The quantitative estimate of drug-likeness (QED) is 0.566. The predicted molar refractivity (Wildman–Crippen MR) is 119 cm³/mol. The molecule has 2 aromatic carbocycles. The average Bonchev–Trinajstić information content (AvgIpc) is 3.17. The number of amides is 1. The summed E-state index contributed by atoms with van der Waals surface area (Å²) in [6, 6.07) is 15.9. The smallest absolute Gasteiger partial charge is 0.237 e. The first-order valence-electron chi connectivity index (χ1n) is 10.2. The van der Waals surface area contributed by atoms with E-state index in [-0.39, 0.29) is 18.0 Å². The number of benzene rings is 2. The Balaban J connectivity index is 1.63. The van der Waals surface area contributed by atoms with Crippen LogP contribution in [0.5, 0.6) is 5.75 Å². The van der Waals surface area contributed by atoms with Crippen LogP contribution in [-0.4, -0.2) is 56.8 Å². The van der Waals surface area contributed by atoms with Gasteiger partial charge in [0.1, 0.15) is 5.75 Å². The number of rotatable bonds is 10. The van der Waals surface area contributed by atoms with Crippen LogP contribution in [0.4, 0.5) is 0 Å². The second kappa shape index (κ2) is 11.3. The number of likely N-dealkylation sites (tertiary alicyclic amines) is 1. The van der Waals surface area contributed by atoms with Crippen molar-refractivity contribution >= 4 is 17.5 Å². The van der Waals surface area contributed by atoms with E-state index in [0.29, 0.717) is 24.7 Å². The van der Waals surface area contributed by atoms with Gasteiger partial charge in [-0.1, -0.05) is 35.9 Å². The zero-order valence-corrected chi connectivity index (χ0v) is 18.3. The van der Waals surface area contributed by atoms with Gasteiger partial charge in [-0.05, 0) is 41.8 Å². The molecule has 0 bridgehead atoms. The molecule has 0 unspecified atom stereocenters. The van der Waals surface area contributed by atoms with Crippen molar-refractivity contribution in [2.45, 2.75) is 31.6 Å². The van der Waals surface area contributed by atoms with Crippen LogP contribution >= 0.6 is 11.6 Å². The van der Waals surface area contributed by atoms with E-state index in [0.717, 1.165) is 36.4 Å². The third kappa shape index (κ3) is 6.44. The van der Waals surface area contributed by atoms with Gasteiger partial charge in [0, 0.05) is 44.4 Å². The lowest BCUT2D eigenvalue weighted by Gasteiger charge is -2.23. The Morgan fingerprint density at radius 2 is 1.97 bits per heavy atom. The highest BCUT2D eigenvalue weighted by molar-refractivity contribution is 6.30. The molecule has 1 aliphatic heterocycles. The molecule has 1 aliphatic rings. The molecule has 7 heteroatoms. The van der Waals surface area contributed by atoms with Crippen LogP contribution in [-0.2, 0) is 22.6 Å². The Bertz CT molecular complexity index is 816. The first kappa shape index (κ1) is 22.6. The van der Waals surface area contributed by atoms with E-state index in [9.17, 15) is 4.79 Å². The molecule has 0 spiro atoms. The standard InChI is InChI=1S/C23H30ClN3O3/c1-29-11-10-25-23(28)22-13-20(26-14-18-4-3-5-21(12-18)30-2)16-27(22)15-17-6-8-19(24)9-7-17/h3-9,12,20,22,26H,10-11,13-16H2,1-2H3,(H,25,28)/t20-,22-/m0/s1. The summed E-state index contributed by atoms with van der Waals surface area (Å²) in [5.74, 6) is 0.896. The van der Waals surface area contributed by atoms with E-state index in [1.54, 1.807) is 14.2 Å². The highest BCUT2D eigenvalue weighted by Crippen LogP contribution is 2.22. The third-order valence-corrected chi connectivity index (χ3v) is 5.59. The van der Waals surface area contributed by atoms with E-state index in [1.165, 1.54) is 0 Å². The number of nitrogens with one attached hydrogen (secondary N) is 2. The third-order valence-electron chi connectivity index (χ3n) is 5.34. The number of hydrogen-bond donors (Lipinski definition) is 2. The fourth-order valence-corrected chi connectivity index (χ4v) is 3.89. The molecule has 2 aromatic rings. The van der Waals surface area contributed by atoms with Crippen LogP contribution in [0.25, 0.3) is 0 Å². The van der Waals surface area contributed by atoms with Crippen molar-refractivity contribution < 1.29 is 14.3 Å². The molecule has 0 aliphatic carbocycles. The van der Waals surface area contributed by atoms with Crippen LogP contribution in [0.1, 0.15) is 17.5 Å². The molecule has 6 nitrogen and oxygen atoms in total. The van der Waals surface area contributed by atoms with Crippen molar-refractivity contribution in [1.82, 2.24) is 15.5 Å². The lowest BCUT2D eigenvalue weighted by Crippen LogP contribution is -2.43. The first-order chi connectivity index (χ1) is 14.6. The summed E-state index contributed by atoms with van der Waals surface area (Å²) in [5.41, 5.74) is 2.30. The highest BCUT2D eigenvalue weighted by atomic mass is 35.5. The Labute approximate surface area is 183 Å². The van der Waals surface area contributed by atoms with E-state index >= 15 is 0 Å². The van der Waals surface area contributed by atoms with Crippen LogP contribution in [0.15, 0.2) is 48.5 Å². The molecule has 0 radical (unpaired) electrons. The fourth-order valence-electron chi connectivity index (χ4n) is 3.76. The van der Waals surface area contributed by atoms with Crippen molar-refractivity contribution in [2.75, 3.05) is 33.9 Å². The normalized spacial score (nSPS) is 19.0. The van der Waals surface area contributed by atoms with E-state index in [2.05, 4.69) is 21.6 Å². The van der Waals surface area contributed by atoms with Gasteiger partial charge in [-0.25, -0.2) is 0 Å². The number of carbonyl (C=O) groups is 1. The number of methoxy groups -OCH3 is 2. The Morgan fingerprint density at radius 3 is 2.70 bits per heavy atom. The molecule has 1 heterocycles. The van der Waals surface area contributed by atoms with Gasteiger partial charge >= 0.3 is 0 Å². The van der Waals surface area contributed by atoms with Crippen molar-refractivity contribution in [3.63, 3.8) is 0 Å². The lowest BCUT2D eigenvalue weighted by molar-refractivity contribution is -0.125. The molecule has 1 amide bonds. The summed E-state index contributed by atoms with van der Waals surface area (Å²) in [6.45, 7) is 3.26. The number of ether oxygens (including phenoxy) is 2. The van der Waals surface area contributed by atoms with Crippen molar-refractivity contribution in [1.29, 1.82) is 0 Å². The topological polar surface area (TPSA) is 62.8 Å². The SMILES string of the molecule is COCCNC(=O)[C@@H]1C[C@H](NCc2cccc(OC)c2)CN1Cc1ccc(Cl)cc1. The van der Waals surface area contributed by atoms with Gasteiger partial charge in [0.05, 0.1) is 19.8 Å². The molecular weight excluding hydrogens is 402 g/mol. The zero-order chi connectivity index (χ0) is 21.3. The average molecular weight is 432 g/mol. The van der Waals surface area contributed by atoms with E-state index in [4.69, 9.17) is 21.1 Å². The summed E-state index contributed by atoms with van der Waals surface area (Å²) in [4.78, 5) is 15.0. The van der Waals surface area contributed by atoms with Gasteiger partial charge < -0.3 is 20.1 Å². The summed E-state index contributed by atoms with van der Waals surface area (Å²) in [6.07, 6.45) is 0.760. The monoisotopic (exact) mass is 431 g/mol. The van der Waals surface area contributed by atoms with Crippen LogP contribution in [0.3, 0.4) is 0 Å². The zero-order valence-electron chi connectivity index (χ0n) is 17.6. The van der Waals surface area contributed by atoms with E-state index < -0.39 is 0 Å². The Morgan fingerprint density at radius 1 is 1.17 bits per heavy atom. The molecule has 3 rings (SSSR count). The number of halogens is 1. The Hall–Kier alpha value is -2.12. The van der Waals surface area contributed by atoms with Crippen molar-refractivity contribution in [3.05, 3.63) is 64.7 Å². The van der Waals surface area contributed by atoms with Crippen molar-refractivity contribution in [3.8, 4) is 5.75 Å². The molecule has 0 saturated carbocycles. The predicted octanol–water partition coefficient (Wildman–Crippen LogP) is 2.84. The van der Waals surface area contributed by atoms with Gasteiger partial charge in [-0.2, -0.15) is 0 Å². The number of nitrogens with zero attached hydrogens (tertiary/aromatic N) is 1. The second-order valence-electron chi connectivity index (χ2n) is 7.52. The highest BCUT2D eigenvalue weighted by Gasteiger charge is 2.36.